The number of hydrogen-bond acceptors (Lipinski definition) is 9. The number of aliphatic hydroxyl groups is 1. The Bertz CT molecular complexity index is 1310. The normalized spacial score (nSPS) is 14.8. The molecule has 4 rings (SSSR count). The third kappa shape index (κ3) is 7.19. The molecule has 10 nitrogen and oxygen atoms in total. The lowest BCUT2D eigenvalue weighted by molar-refractivity contribution is 0.129. The summed E-state index contributed by atoms with van der Waals surface area (Å²) >= 11 is 6.26. The molecule has 0 unspecified atom stereocenters. The SMILES string of the molecule is COc1ccc(S(=O)(=O)NC[C@@H](O)[C@H](Cc2ccccc2)NCc2cc(Cl)ccc2N2C=NNN2)cc1. The quantitative estimate of drug-likeness (QED) is 0.235. The first-order valence-corrected chi connectivity index (χ1v) is 13.4. The standard InChI is InChI=1S/C25H29ClN6O4S/c1-36-21-8-10-22(11-9-21)37(34,35)29-16-25(33)23(13-18-5-3-2-4-6-18)27-15-19-14-20(26)7-12-24(19)32-17-28-30-31-32/h2-12,14,17,23,25,27,29-31,33H,13,15-16H2,1H3/t23-,25+/m0/s1. The van der Waals surface area contributed by atoms with Crippen LogP contribution in [0.4, 0.5) is 5.69 Å². The lowest BCUT2D eigenvalue weighted by atomic mass is 10.0. The fraction of sp³-hybridized carbons (Fsp3) is 0.240. The van der Waals surface area contributed by atoms with Gasteiger partial charge in [0.15, 0.2) is 0 Å². The van der Waals surface area contributed by atoms with Gasteiger partial charge in [-0.15, -0.1) is 5.53 Å². The van der Waals surface area contributed by atoms with Gasteiger partial charge in [0.25, 0.3) is 0 Å². The second kappa shape index (κ2) is 12.4. The number of hydrogen-bond donors (Lipinski definition) is 5. The molecule has 0 aromatic heterocycles. The zero-order chi connectivity index (χ0) is 26.3. The summed E-state index contributed by atoms with van der Waals surface area (Å²) in [6.45, 7) is 0.188. The van der Waals surface area contributed by atoms with Crippen LogP contribution in [0.25, 0.3) is 0 Å². The first-order chi connectivity index (χ1) is 17.9. The molecule has 0 bridgehead atoms. The number of benzene rings is 3. The average Bonchev–Trinajstić information content (AvgIpc) is 3.45. The minimum absolute atomic E-state index is 0.0880. The minimum atomic E-state index is -3.82. The number of hydrazone groups is 1. The zero-order valence-electron chi connectivity index (χ0n) is 20.1. The molecule has 0 radical (unpaired) electrons. The van der Waals surface area contributed by atoms with Crippen molar-refractivity contribution in [3.63, 3.8) is 0 Å². The molecule has 0 aliphatic carbocycles. The van der Waals surface area contributed by atoms with Crippen molar-refractivity contribution >= 4 is 33.7 Å². The highest BCUT2D eigenvalue weighted by Gasteiger charge is 2.24. The van der Waals surface area contributed by atoms with Crippen molar-refractivity contribution in [3.05, 3.63) is 88.9 Å². The Morgan fingerprint density at radius 2 is 1.86 bits per heavy atom. The summed E-state index contributed by atoms with van der Waals surface area (Å²) in [5, 5.41) is 20.7. The Balaban J connectivity index is 1.48. The van der Waals surface area contributed by atoms with Gasteiger partial charge in [-0.2, -0.15) is 5.10 Å². The van der Waals surface area contributed by atoms with Gasteiger partial charge in [0.1, 0.15) is 12.1 Å². The Labute approximate surface area is 221 Å². The van der Waals surface area contributed by atoms with Gasteiger partial charge in [0.05, 0.1) is 23.8 Å². The van der Waals surface area contributed by atoms with Crippen molar-refractivity contribution in [3.8, 4) is 5.75 Å². The molecule has 2 atom stereocenters. The predicted molar refractivity (Wildman–Crippen MR) is 144 cm³/mol. The Hall–Kier alpha value is -3.19. The fourth-order valence-electron chi connectivity index (χ4n) is 3.88. The van der Waals surface area contributed by atoms with Crippen molar-refractivity contribution < 1.29 is 18.3 Å². The predicted octanol–water partition coefficient (Wildman–Crippen LogP) is 2.16. The van der Waals surface area contributed by atoms with Crippen LogP contribution in [0.5, 0.6) is 5.75 Å². The van der Waals surface area contributed by atoms with Gasteiger partial charge < -0.3 is 15.2 Å². The first kappa shape index (κ1) is 26.9. The van der Waals surface area contributed by atoms with Gasteiger partial charge in [0.2, 0.25) is 10.0 Å². The molecule has 0 spiro atoms. The average molecular weight is 545 g/mol. The Morgan fingerprint density at radius 3 is 2.54 bits per heavy atom. The van der Waals surface area contributed by atoms with Crippen molar-refractivity contribution in [2.24, 2.45) is 5.10 Å². The third-order valence-corrected chi connectivity index (χ3v) is 7.55. The Kier molecular flexibility index (Phi) is 8.98. The molecule has 0 fully saturated rings. The summed E-state index contributed by atoms with van der Waals surface area (Å²) in [6.07, 6.45) is 1.05. The van der Waals surface area contributed by atoms with Crippen molar-refractivity contribution in [1.29, 1.82) is 0 Å². The van der Waals surface area contributed by atoms with E-state index in [-0.39, 0.29) is 11.4 Å². The molecular formula is C25H29ClN6O4S. The topological polar surface area (TPSA) is 127 Å². The van der Waals surface area contributed by atoms with Crippen molar-refractivity contribution in [2.75, 3.05) is 18.7 Å². The van der Waals surface area contributed by atoms with Crippen LogP contribution < -0.4 is 30.9 Å². The van der Waals surface area contributed by atoms with E-state index >= 15 is 0 Å². The summed E-state index contributed by atoms with van der Waals surface area (Å²) in [6, 6.07) is 20.7. The largest absolute Gasteiger partial charge is 0.497 e. The van der Waals surface area contributed by atoms with E-state index in [0.29, 0.717) is 23.7 Å². The molecule has 3 aromatic rings. The molecule has 1 heterocycles. The molecular weight excluding hydrogens is 516 g/mol. The number of rotatable bonds is 12. The summed E-state index contributed by atoms with van der Waals surface area (Å²) in [4.78, 5) is 0.0880. The second-order valence-electron chi connectivity index (χ2n) is 8.38. The van der Waals surface area contributed by atoms with Crippen LogP contribution in [0.2, 0.25) is 5.02 Å². The number of methoxy groups -OCH3 is 1. The number of aliphatic hydroxyl groups excluding tert-OH is 1. The highest BCUT2D eigenvalue weighted by molar-refractivity contribution is 7.89. The third-order valence-electron chi connectivity index (χ3n) is 5.88. The van der Waals surface area contributed by atoms with Gasteiger partial charge in [0, 0.05) is 24.2 Å². The maximum atomic E-state index is 12.8. The van der Waals surface area contributed by atoms with Gasteiger partial charge in [-0.3, -0.25) is 0 Å². The van der Waals surface area contributed by atoms with Gasteiger partial charge in [-0.05, 0) is 60.0 Å². The van der Waals surface area contributed by atoms with Gasteiger partial charge >= 0.3 is 0 Å². The van der Waals surface area contributed by atoms with Crippen LogP contribution in [-0.4, -0.2) is 45.7 Å². The number of halogens is 1. The van der Waals surface area contributed by atoms with Crippen LogP contribution >= 0.6 is 11.6 Å². The van der Waals surface area contributed by atoms with E-state index in [0.717, 1.165) is 16.8 Å². The summed E-state index contributed by atoms with van der Waals surface area (Å²) in [5.74, 6) is 0.553. The van der Waals surface area contributed by atoms with Crippen LogP contribution in [-0.2, 0) is 23.0 Å². The smallest absolute Gasteiger partial charge is 0.240 e. The van der Waals surface area contributed by atoms with Crippen molar-refractivity contribution in [1.82, 2.24) is 21.1 Å². The second-order valence-corrected chi connectivity index (χ2v) is 10.6. The van der Waals surface area contributed by atoms with Gasteiger partial charge in [-0.1, -0.05) is 41.9 Å². The Morgan fingerprint density at radius 1 is 1.11 bits per heavy atom. The fourth-order valence-corrected chi connectivity index (χ4v) is 5.13. The maximum Gasteiger partial charge on any atom is 0.240 e. The molecule has 1 aliphatic heterocycles. The number of nitrogens with one attached hydrogen (secondary N) is 4. The number of ether oxygens (including phenoxy) is 1. The molecule has 37 heavy (non-hydrogen) atoms. The van der Waals surface area contributed by atoms with E-state index in [4.69, 9.17) is 16.3 Å². The van der Waals surface area contributed by atoms with E-state index in [1.165, 1.54) is 19.2 Å². The summed E-state index contributed by atoms with van der Waals surface area (Å²) < 4.78 is 33.2. The monoisotopic (exact) mass is 544 g/mol. The highest BCUT2D eigenvalue weighted by atomic mass is 35.5. The van der Waals surface area contributed by atoms with E-state index in [9.17, 15) is 13.5 Å². The lowest BCUT2D eigenvalue weighted by Crippen LogP contribution is -2.47. The van der Waals surface area contributed by atoms with Gasteiger partial charge in [-0.25, -0.2) is 23.7 Å². The first-order valence-electron chi connectivity index (χ1n) is 11.6. The molecule has 12 heteroatoms. The number of nitrogens with zero attached hydrogens (tertiary/aromatic N) is 2. The van der Waals surface area contributed by atoms with Crippen LogP contribution in [0.1, 0.15) is 11.1 Å². The molecule has 1 aliphatic rings. The van der Waals surface area contributed by atoms with Crippen molar-refractivity contribution in [2.45, 2.75) is 30.0 Å². The van der Waals surface area contributed by atoms with E-state index in [1.54, 1.807) is 29.5 Å². The number of hydrazine groups is 2. The molecule has 0 amide bonds. The van der Waals surface area contributed by atoms with E-state index in [2.05, 4.69) is 26.2 Å². The summed E-state index contributed by atoms with van der Waals surface area (Å²) in [5.41, 5.74) is 8.24. The minimum Gasteiger partial charge on any atom is -0.497 e. The van der Waals surface area contributed by atoms with Crippen LogP contribution in [0.3, 0.4) is 0 Å². The zero-order valence-corrected chi connectivity index (χ0v) is 21.7. The van der Waals surface area contributed by atoms with Crippen LogP contribution in [0, 0.1) is 0 Å². The number of sulfonamides is 1. The highest BCUT2D eigenvalue weighted by Crippen LogP contribution is 2.24. The molecule has 0 saturated heterocycles. The van der Waals surface area contributed by atoms with Crippen LogP contribution in [0.15, 0.2) is 82.8 Å². The molecule has 3 aromatic carbocycles. The number of anilines is 1. The lowest BCUT2D eigenvalue weighted by Gasteiger charge is -2.26. The molecule has 0 saturated carbocycles. The molecule has 5 N–H and O–H groups in total. The van der Waals surface area contributed by atoms with E-state index in [1.807, 2.05) is 42.5 Å². The maximum absolute atomic E-state index is 12.8. The van der Waals surface area contributed by atoms with E-state index < -0.39 is 22.2 Å². The summed E-state index contributed by atoms with van der Waals surface area (Å²) in [7, 11) is -2.31. The molecule has 196 valence electrons.